The molecule has 0 saturated heterocycles. The maximum Gasteiger partial charge on any atom is 0.404 e. The lowest BCUT2D eigenvalue weighted by Crippen LogP contribution is -2.15. The van der Waals surface area contributed by atoms with E-state index in [2.05, 4.69) is 16.9 Å². The summed E-state index contributed by atoms with van der Waals surface area (Å²) in [5, 5.41) is 0. The van der Waals surface area contributed by atoms with Gasteiger partial charge in [0.25, 0.3) is 0 Å². The van der Waals surface area contributed by atoms with Crippen LogP contribution in [0.3, 0.4) is 0 Å². The first kappa shape index (κ1) is 13.7. The second-order valence-corrected chi connectivity index (χ2v) is 4.92. The number of ether oxygens (including phenoxy) is 2. The Labute approximate surface area is 113 Å². The molecule has 1 aromatic carbocycles. The van der Waals surface area contributed by atoms with Crippen molar-refractivity contribution in [2.45, 2.75) is 38.0 Å². The summed E-state index contributed by atoms with van der Waals surface area (Å²) in [7, 11) is 0. The summed E-state index contributed by atoms with van der Waals surface area (Å²) in [6.45, 7) is 0.825. The van der Waals surface area contributed by atoms with E-state index in [1.807, 2.05) is 12.1 Å². The van der Waals surface area contributed by atoms with Crippen LogP contribution in [-0.4, -0.2) is 19.3 Å². The minimum atomic E-state index is -0.735. The van der Waals surface area contributed by atoms with Crippen molar-refractivity contribution in [2.75, 3.05) is 13.2 Å². The van der Waals surface area contributed by atoms with Gasteiger partial charge in [-0.2, -0.15) is 0 Å². The largest absolute Gasteiger partial charge is 0.493 e. The summed E-state index contributed by atoms with van der Waals surface area (Å²) >= 11 is 0. The third-order valence-corrected chi connectivity index (χ3v) is 3.51. The zero-order valence-corrected chi connectivity index (χ0v) is 11.1. The van der Waals surface area contributed by atoms with Crippen LogP contribution >= 0.6 is 0 Å². The Balaban J connectivity index is 1.71. The Morgan fingerprint density at radius 2 is 1.84 bits per heavy atom. The number of carbonyl (C=O) groups is 1. The zero-order chi connectivity index (χ0) is 13.5. The van der Waals surface area contributed by atoms with E-state index in [1.165, 1.54) is 31.2 Å². The highest BCUT2D eigenvalue weighted by Crippen LogP contribution is 2.34. The zero-order valence-electron chi connectivity index (χ0n) is 11.1. The van der Waals surface area contributed by atoms with Crippen LogP contribution < -0.4 is 10.5 Å². The molecule has 2 N–H and O–H groups in total. The second kappa shape index (κ2) is 7.02. The van der Waals surface area contributed by atoms with Crippen molar-refractivity contribution in [2.24, 2.45) is 5.73 Å². The van der Waals surface area contributed by atoms with Crippen LogP contribution in [0.4, 0.5) is 4.79 Å². The lowest BCUT2D eigenvalue weighted by Gasteiger charge is -2.11. The van der Waals surface area contributed by atoms with E-state index >= 15 is 0 Å². The van der Waals surface area contributed by atoms with Gasteiger partial charge in [0.05, 0.1) is 13.2 Å². The molecule has 0 spiro atoms. The molecule has 2 rings (SSSR count). The molecule has 0 radical (unpaired) electrons. The fourth-order valence-electron chi connectivity index (χ4n) is 2.52. The average molecular weight is 263 g/mol. The summed E-state index contributed by atoms with van der Waals surface area (Å²) in [5.74, 6) is 1.60. The van der Waals surface area contributed by atoms with E-state index in [1.54, 1.807) is 0 Å². The predicted octanol–water partition coefficient (Wildman–Crippen LogP) is 3.21. The van der Waals surface area contributed by atoms with Crippen LogP contribution in [0.2, 0.25) is 0 Å². The maximum absolute atomic E-state index is 10.4. The molecule has 19 heavy (non-hydrogen) atoms. The van der Waals surface area contributed by atoms with E-state index in [0.717, 1.165) is 11.7 Å². The summed E-state index contributed by atoms with van der Waals surface area (Å²) < 4.78 is 10.2. The lowest BCUT2D eigenvalue weighted by molar-refractivity contribution is 0.147. The van der Waals surface area contributed by atoms with Crippen molar-refractivity contribution >= 4 is 6.09 Å². The Morgan fingerprint density at radius 3 is 2.47 bits per heavy atom. The number of carbonyl (C=O) groups excluding carboxylic acids is 1. The van der Waals surface area contributed by atoms with Crippen LogP contribution in [0.15, 0.2) is 24.3 Å². The average Bonchev–Trinajstić information content (AvgIpc) is 2.93. The molecule has 1 aliphatic carbocycles. The second-order valence-electron chi connectivity index (χ2n) is 4.92. The number of rotatable bonds is 6. The summed E-state index contributed by atoms with van der Waals surface area (Å²) in [5.41, 5.74) is 6.28. The third-order valence-electron chi connectivity index (χ3n) is 3.51. The molecule has 1 fully saturated rings. The topological polar surface area (TPSA) is 61.6 Å². The SMILES string of the molecule is NC(=O)OCCCOc1ccc(C2CCCC2)cc1. The van der Waals surface area contributed by atoms with Gasteiger partial charge in [0.1, 0.15) is 5.75 Å². The molecular weight excluding hydrogens is 242 g/mol. The van der Waals surface area contributed by atoms with Crippen molar-refractivity contribution in [1.29, 1.82) is 0 Å². The molecule has 0 aliphatic heterocycles. The number of hydrogen-bond acceptors (Lipinski definition) is 3. The lowest BCUT2D eigenvalue weighted by atomic mass is 9.98. The molecule has 0 atom stereocenters. The van der Waals surface area contributed by atoms with Gasteiger partial charge in [-0.25, -0.2) is 4.79 Å². The minimum Gasteiger partial charge on any atom is -0.493 e. The highest BCUT2D eigenvalue weighted by atomic mass is 16.5. The quantitative estimate of drug-likeness (QED) is 0.802. The van der Waals surface area contributed by atoms with Gasteiger partial charge < -0.3 is 15.2 Å². The Kier molecular flexibility index (Phi) is 5.07. The van der Waals surface area contributed by atoms with Crippen LogP contribution in [0.25, 0.3) is 0 Å². The van der Waals surface area contributed by atoms with Gasteiger partial charge >= 0.3 is 6.09 Å². The van der Waals surface area contributed by atoms with Crippen LogP contribution in [-0.2, 0) is 4.74 Å². The van der Waals surface area contributed by atoms with Gasteiger partial charge in [-0.3, -0.25) is 0 Å². The van der Waals surface area contributed by atoms with Gasteiger partial charge in [0.2, 0.25) is 0 Å². The molecule has 1 aliphatic rings. The van der Waals surface area contributed by atoms with Gasteiger partial charge in [0.15, 0.2) is 0 Å². The van der Waals surface area contributed by atoms with Crippen molar-refractivity contribution in [3.63, 3.8) is 0 Å². The first-order valence-electron chi connectivity index (χ1n) is 6.90. The van der Waals surface area contributed by atoms with E-state index in [9.17, 15) is 4.79 Å². The molecular formula is C15H21NO3. The van der Waals surface area contributed by atoms with Crippen LogP contribution in [0.5, 0.6) is 5.75 Å². The summed E-state index contributed by atoms with van der Waals surface area (Å²) in [6, 6.07) is 8.35. The van der Waals surface area contributed by atoms with Crippen molar-refractivity contribution < 1.29 is 14.3 Å². The number of hydrogen-bond donors (Lipinski definition) is 1. The first-order chi connectivity index (χ1) is 9.25. The first-order valence-corrected chi connectivity index (χ1v) is 6.90. The molecule has 0 bridgehead atoms. The van der Waals surface area contributed by atoms with E-state index in [4.69, 9.17) is 10.5 Å². The Bertz CT molecular complexity index is 396. The van der Waals surface area contributed by atoms with Gasteiger partial charge in [0, 0.05) is 6.42 Å². The van der Waals surface area contributed by atoms with E-state index in [-0.39, 0.29) is 0 Å². The molecule has 1 amide bonds. The Morgan fingerprint density at radius 1 is 1.16 bits per heavy atom. The normalized spacial score (nSPS) is 15.4. The fraction of sp³-hybridized carbons (Fsp3) is 0.533. The number of primary amides is 1. The summed E-state index contributed by atoms with van der Waals surface area (Å²) in [4.78, 5) is 10.4. The maximum atomic E-state index is 10.4. The number of benzene rings is 1. The highest BCUT2D eigenvalue weighted by molar-refractivity contribution is 5.64. The number of amides is 1. The molecule has 4 nitrogen and oxygen atoms in total. The van der Waals surface area contributed by atoms with Crippen LogP contribution in [0.1, 0.15) is 43.6 Å². The Hall–Kier alpha value is -1.71. The molecule has 1 aromatic rings. The minimum absolute atomic E-state index is 0.301. The van der Waals surface area contributed by atoms with Crippen molar-refractivity contribution in [3.8, 4) is 5.75 Å². The van der Waals surface area contributed by atoms with E-state index in [0.29, 0.717) is 19.6 Å². The third kappa shape index (κ3) is 4.47. The van der Waals surface area contributed by atoms with Gasteiger partial charge in [-0.15, -0.1) is 0 Å². The fourth-order valence-corrected chi connectivity index (χ4v) is 2.52. The predicted molar refractivity (Wildman–Crippen MR) is 73.3 cm³/mol. The monoisotopic (exact) mass is 263 g/mol. The molecule has 0 aromatic heterocycles. The van der Waals surface area contributed by atoms with Crippen molar-refractivity contribution in [3.05, 3.63) is 29.8 Å². The molecule has 1 saturated carbocycles. The highest BCUT2D eigenvalue weighted by Gasteiger charge is 2.16. The molecule has 104 valence electrons. The standard InChI is InChI=1S/C15H21NO3/c16-15(17)19-11-3-10-18-14-8-6-13(7-9-14)12-4-1-2-5-12/h6-9,12H,1-5,10-11H2,(H2,16,17). The molecule has 0 unspecified atom stereocenters. The molecule has 0 heterocycles. The van der Waals surface area contributed by atoms with E-state index < -0.39 is 6.09 Å². The van der Waals surface area contributed by atoms with Crippen molar-refractivity contribution in [1.82, 2.24) is 0 Å². The van der Waals surface area contributed by atoms with Crippen LogP contribution in [0, 0.1) is 0 Å². The smallest absolute Gasteiger partial charge is 0.404 e. The number of nitrogens with two attached hydrogens (primary N) is 1. The molecule has 4 heteroatoms. The van der Waals surface area contributed by atoms with Gasteiger partial charge in [-0.05, 0) is 36.5 Å². The summed E-state index contributed by atoms with van der Waals surface area (Å²) in [6.07, 6.45) is 5.23. The van der Waals surface area contributed by atoms with Gasteiger partial charge in [-0.1, -0.05) is 25.0 Å².